The molecule has 1 atom stereocenters. The molecular formula is C13H14N2O3S. The van der Waals surface area contributed by atoms with Crippen LogP contribution in [0.3, 0.4) is 0 Å². The second kappa shape index (κ2) is 5.22. The third-order valence-corrected chi connectivity index (χ3v) is 3.92. The predicted molar refractivity (Wildman–Crippen MR) is 72.2 cm³/mol. The molecular weight excluding hydrogens is 264 g/mol. The van der Waals surface area contributed by atoms with Gasteiger partial charge in [0.2, 0.25) is 5.82 Å². The molecule has 5 nitrogen and oxygen atoms in total. The Morgan fingerprint density at radius 1 is 1.42 bits per heavy atom. The predicted octanol–water partition coefficient (Wildman–Crippen LogP) is 2.56. The number of hydrogen-bond donors (Lipinski definition) is 1. The van der Waals surface area contributed by atoms with E-state index in [0.29, 0.717) is 23.9 Å². The van der Waals surface area contributed by atoms with Gasteiger partial charge in [0.15, 0.2) is 0 Å². The normalized spacial score (nSPS) is 19.5. The Hall–Kier alpha value is -1.53. The molecule has 6 heteroatoms. The molecule has 2 heterocycles. The van der Waals surface area contributed by atoms with Crippen LogP contribution in [0.15, 0.2) is 22.7 Å². The summed E-state index contributed by atoms with van der Waals surface area (Å²) in [6.07, 6.45) is -0.121. The van der Waals surface area contributed by atoms with Gasteiger partial charge in [-0.3, -0.25) is 0 Å². The summed E-state index contributed by atoms with van der Waals surface area (Å²) in [6.45, 7) is 2.62. The first-order valence-corrected chi connectivity index (χ1v) is 7.22. The number of ether oxygens (including phenoxy) is 1. The highest BCUT2D eigenvalue weighted by atomic mass is 32.2. The van der Waals surface area contributed by atoms with Gasteiger partial charge in [0, 0.05) is 11.5 Å². The van der Waals surface area contributed by atoms with Gasteiger partial charge in [-0.15, -0.1) is 0 Å². The molecule has 3 rings (SSSR count). The smallest absolute Gasteiger partial charge is 0.261 e. The van der Waals surface area contributed by atoms with Gasteiger partial charge in [0.1, 0.15) is 11.9 Å². The highest BCUT2D eigenvalue weighted by molar-refractivity contribution is 7.99. The quantitative estimate of drug-likeness (QED) is 0.910. The van der Waals surface area contributed by atoms with Crippen LogP contribution in [0.25, 0.3) is 11.5 Å². The summed E-state index contributed by atoms with van der Waals surface area (Å²) in [5.74, 6) is 2.85. The molecule has 2 aromatic rings. The van der Waals surface area contributed by atoms with E-state index in [-0.39, 0.29) is 11.9 Å². The van der Waals surface area contributed by atoms with Crippen LogP contribution in [0.5, 0.6) is 5.75 Å². The maximum absolute atomic E-state index is 9.90. The zero-order chi connectivity index (χ0) is 13.2. The fourth-order valence-electron chi connectivity index (χ4n) is 1.93. The third-order valence-electron chi connectivity index (χ3n) is 2.93. The van der Waals surface area contributed by atoms with E-state index in [1.165, 1.54) is 0 Å². The summed E-state index contributed by atoms with van der Waals surface area (Å²) in [5, 5.41) is 13.8. The van der Waals surface area contributed by atoms with E-state index in [1.807, 2.05) is 24.8 Å². The number of aromatic nitrogens is 2. The number of hydrogen-bond acceptors (Lipinski definition) is 6. The Morgan fingerprint density at radius 2 is 2.32 bits per heavy atom. The van der Waals surface area contributed by atoms with Crippen molar-refractivity contribution in [3.05, 3.63) is 29.6 Å². The number of nitrogens with zero attached hydrogens (tertiary/aromatic N) is 2. The number of phenolic OH excluding ortho intramolecular Hbond substituents is 1. The number of phenols is 1. The standard InChI is InChI=1S/C13H14N2O3S/c1-8-2-3-9(10(16)6-8)13-14-12(15-18-13)11-7-19-5-4-17-11/h2-3,6,11,16H,4-5,7H2,1H3. The Kier molecular flexibility index (Phi) is 3.44. The van der Waals surface area contributed by atoms with Crippen molar-refractivity contribution in [2.24, 2.45) is 0 Å². The molecule has 0 spiro atoms. The van der Waals surface area contributed by atoms with Crippen LogP contribution < -0.4 is 0 Å². The van der Waals surface area contributed by atoms with Crippen LogP contribution in [0.2, 0.25) is 0 Å². The van der Waals surface area contributed by atoms with Crippen molar-refractivity contribution in [3.63, 3.8) is 0 Å². The van der Waals surface area contributed by atoms with Gasteiger partial charge in [-0.2, -0.15) is 16.7 Å². The minimum absolute atomic E-state index is 0.121. The zero-order valence-electron chi connectivity index (χ0n) is 10.5. The van der Waals surface area contributed by atoms with Gasteiger partial charge in [0.25, 0.3) is 5.89 Å². The molecule has 100 valence electrons. The van der Waals surface area contributed by atoms with E-state index >= 15 is 0 Å². The van der Waals surface area contributed by atoms with E-state index in [2.05, 4.69) is 10.1 Å². The van der Waals surface area contributed by atoms with Gasteiger partial charge in [-0.05, 0) is 24.6 Å². The van der Waals surface area contributed by atoms with E-state index < -0.39 is 0 Å². The number of rotatable bonds is 2. The SMILES string of the molecule is Cc1ccc(-c2nc(C3CSCCO3)no2)c(O)c1. The van der Waals surface area contributed by atoms with Crippen LogP contribution in [-0.2, 0) is 4.74 Å². The molecule has 1 aromatic carbocycles. The first kappa shape index (κ1) is 12.5. The molecule has 0 saturated carbocycles. The van der Waals surface area contributed by atoms with Crippen LogP contribution in [-0.4, -0.2) is 33.4 Å². The molecule has 1 saturated heterocycles. The number of benzene rings is 1. The number of aryl methyl sites for hydroxylation is 1. The van der Waals surface area contributed by atoms with Gasteiger partial charge in [-0.25, -0.2) is 0 Å². The first-order chi connectivity index (χ1) is 9.24. The lowest BCUT2D eigenvalue weighted by molar-refractivity contribution is 0.0677. The summed E-state index contributed by atoms with van der Waals surface area (Å²) >= 11 is 1.81. The molecule has 19 heavy (non-hydrogen) atoms. The van der Waals surface area contributed by atoms with Crippen molar-refractivity contribution in [2.45, 2.75) is 13.0 Å². The van der Waals surface area contributed by atoms with Crippen molar-refractivity contribution in [3.8, 4) is 17.2 Å². The molecule has 0 amide bonds. The van der Waals surface area contributed by atoms with Crippen LogP contribution >= 0.6 is 11.8 Å². The first-order valence-electron chi connectivity index (χ1n) is 6.07. The molecule has 1 fully saturated rings. The second-order valence-electron chi connectivity index (χ2n) is 4.41. The highest BCUT2D eigenvalue weighted by Gasteiger charge is 2.23. The third kappa shape index (κ3) is 2.59. The van der Waals surface area contributed by atoms with Crippen molar-refractivity contribution >= 4 is 11.8 Å². The molecule has 1 aromatic heterocycles. The lowest BCUT2D eigenvalue weighted by Gasteiger charge is -2.18. The van der Waals surface area contributed by atoms with Crippen LogP contribution in [0.4, 0.5) is 0 Å². The highest BCUT2D eigenvalue weighted by Crippen LogP contribution is 2.31. The molecule has 1 unspecified atom stereocenters. The Bertz CT molecular complexity index is 579. The average Bonchev–Trinajstić information content (AvgIpc) is 2.89. The van der Waals surface area contributed by atoms with Crippen molar-refractivity contribution in [1.29, 1.82) is 0 Å². The lowest BCUT2D eigenvalue weighted by atomic mass is 10.1. The Morgan fingerprint density at radius 3 is 3.05 bits per heavy atom. The monoisotopic (exact) mass is 278 g/mol. The summed E-state index contributed by atoms with van der Waals surface area (Å²) < 4.78 is 10.8. The Balaban J connectivity index is 1.87. The zero-order valence-corrected chi connectivity index (χ0v) is 11.3. The largest absolute Gasteiger partial charge is 0.507 e. The van der Waals surface area contributed by atoms with E-state index in [0.717, 1.165) is 17.1 Å². The molecule has 0 bridgehead atoms. The summed E-state index contributed by atoms with van der Waals surface area (Å²) in [7, 11) is 0. The minimum Gasteiger partial charge on any atom is -0.507 e. The maximum atomic E-state index is 9.90. The summed E-state index contributed by atoms with van der Waals surface area (Å²) in [6, 6.07) is 5.34. The molecule has 0 aliphatic carbocycles. The molecule has 1 aliphatic heterocycles. The molecule has 1 N–H and O–H groups in total. The number of aromatic hydroxyl groups is 1. The summed E-state index contributed by atoms with van der Waals surface area (Å²) in [5.41, 5.74) is 1.53. The van der Waals surface area contributed by atoms with E-state index in [4.69, 9.17) is 9.26 Å². The summed E-state index contributed by atoms with van der Waals surface area (Å²) in [4.78, 5) is 4.32. The van der Waals surface area contributed by atoms with Crippen molar-refractivity contribution in [1.82, 2.24) is 10.1 Å². The fourth-order valence-corrected chi connectivity index (χ4v) is 2.77. The Labute approximate surface area is 115 Å². The topological polar surface area (TPSA) is 68.4 Å². The average molecular weight is 278 g/mol. The maximum Gasteiger partial charge on any atom is 0.261 e. The van der Waals surface area contributed by atoms with E-state index in [9.17, 15) is 5.11 Å². The minimum atomic E-state index is -0.121. The van der Waals surface area contributed by atoms with Gasteiger partial charge >= 0.3 is 0 Å². The van der Waals surface area contributed by atoms with Gasteiger partial charge < -0.3 is 14.4 Å². The van der Waals surface area contributed by atoms with Crippen molar-refractivity contribution < 1.29 is 14.4 Å². The van der Waals surface area contributed by atoms with Crippen LogP contribution in [0, 0.1) is 6.92 Å². The second-order valence-corrected chi connectivity index (χ2v) is 5.56. The van der Waals surface area contributed by atoms with Crippen molar-refractivity contribution in [2.75, 3.05) is 18.1 Å². The lowest BCUT2D eigenvalue weighted by Crippen LogP contribution is -2.16. The van der Waals surface area contributed by atoms with E-state index in [1.54, 1.807) is 12.1 Å². The van der Waals surface area contributed by atoms with Gasteiger partial charge in [-0.1, -0.05) is 11.2 Å². The van der Waals surface area contributed by atoms with Gasteiger partial charge in [0.05, 0.1) is 12.2 Å². The molecule has 1 aliphatic rings. The fraction of sp³-hybridized carbons (Fsp3) is 0.385. The molecule has 0 radical (unpaired) electrons. The van der Waals surface area contributed by atoms with Crippen LogP contribution in [0.1, 0.15) is 17.5 Å². The number of thioether (sulfide) groups is 1.